The van der Waals surface area contributed by atoms with Gasteiger partial charge in [0, 0.05) is 30.5 Å². The van der Waals surface area contributed by atoms with Gasteiger partial charge in [0.15, 0.2) is 5.60 Å². The highest BCUT2D eigenvalue weighted by molar-refractivity contribution is 5.88. The van der Waals surface area contributed by atoms with E-state index in [0.717, 1.165) is 22.3 Å². The summed E-state index contributed by atoms with van der Waals surface area (Å²) < 4.78 is 51.7. The van der Waals surface area contributed by atoms with E-state index in [2.05, 4.69) is 20.0 Å². The SMILES string of the molecule is COC(=O)Nc1nc2ccc(-c3cc(C)c4c(c3)CN(C(=O)N3C5C[C@@H](C)C3CC(O)(C(F)(F)F)C5)CCO4)cc2[nH]1. The first-order valence-electron chi connectivity index (χ1n) is 13.8. The van der Waals surface area contributed by atoms with E-state index in [1.807, 2.05) is 44.2 Å². The van der Waals surface area contributed by atoms with E-state index in [9.17, 15) is 27.9 Å². The second-order valence-corrected chi connectivity index (χ2v) is 11.5. The number of rotatable bonds is 2. The molecule has 224 valence electrons. The third-order valence-electron chi connectivity index (χ3n) is 8.73. The molecule has 3 aliphatic rings. The number of aliphatic hydroxyl groups is 1. The number of aryl methyl sites for hydroxylation is 1. The fourth-order valence-corrected chi connectivity index (χ4v) is 6.68. The maximum Gasteiger partial charge on any atom is 0.417 e. The van der Waals surface area contributed by atoms with Gasteiger partial charge in [0.25, 0.3) is 0 Å². The molecule has 3 aliphatic heterocycles. The van der Waals surface area contributed by atoms with Crippen LogP contribution in [0.1, 0.15) is 37.3 Å². The van der Waals surface area contributed by atoms with Crippen molar-refractivity contribution >= 4 is 29.1 Å². The van der Waals surface area contributed by atoms with Gasteiger partial charge >= 0.3 is 18.3 Å². The van der Waals surface area contributed by atoms with Crippen LogP contribution in [0.15, 0.2) is 30.3 Å². The first kappa shape index (κ1) is 28.1. The van der Waals surface area contributed by atoms with Crippen LogP contribution in [-0.4, -0.2) is 81.1 Å². The molecule has 2 fully saturated rings. The molecule has 3 N–H and O–H groups in total. The number of halogens is 3. The van der Waals surface area contributed by atoms with Gasteiger partial charge in [0.1, 0.15) is 12.4 Å². The van der Waals surface area contributed by atoms with Crippen molar-refractivity contribution in [2.75, 3.05) is 25.6 Å². The van der Waals surface area contributed by atoms with Gasteiger partial charge in [-0.25, -0.2) is 14.6 Å². The largest absolute Gasteiger partial charge is 0.491 e. The number of carbonyl (C=O) groups excluding carboxylic acids is 2. The van der Waals surface area contributed by atoms with Crippen molar-refractivity contribution < 1.29 is 37.3 Å². The van der Waals surface area contributed by atoms with Crippen LogP contribution in [0.2, 0.25) is 0 Å². The Morgan fingerprint density at radius 1 is 1.21 bits per heavy atom. The number of carbonyl (C=O) groups is 2. The fraction of sp³-hybridized carbons (Fsp3) is 0.483. The normalized spacial score (nSPS) is 25.5. The second-order valence-electron chi connectivity index (χ2n) is 11.5. The minimum absolute atomic E-state index is 0.152. The molecule has 3 unspecified atom stereocenters. The number of methoxy groups -OCH3 is 1. The van der Waals surface area contributed by atoms with Gasteiger partial charge < -0.3 is 29.4 Å². The zero-order valence-corrected chi connectivity index (χ0v) is 23.4. The van der Waals surface area contributed by atoms with Crippen molar-refractivity contribution in [2.45, 2.75) is 63.5 Å². The Morgan fingerprint density at radius 3 is 2.71 bits per heavy atom. The first-order valence-corrected chi connectivity index (χ1v) is 13.8. The average Bonchev–Trinajstić information content (AvgIpc) is 3.31. The molecule has 6 rings (SSSR count). The molecule has 2 aromatic carbocycles. The molecule has 13 heteroatoms. The summed E-state index contributed by atoms with van der Waals surface area (Å²) >= 11 is 0. The Labute approximate surface area is 239 Å². The van der Waals surface area contributed by atoms with E-state index >= 15 is 0 Å². The molecule has 2 saturated heterocycles. The lowest BCUT2D eigenvalue weighted by atomic mass is 9.84. The quantitative estimate of drug-likeness (QED) is 0.379. The number of benzene rings is 2. The summed E-state index contributed by atoms with van der Waals surface area (Å²) in [5, 5.41) is 13.0. The number of ether oxygens (including phenoxy) is 2. The van der Waals surface area contributed by atoms with Crippen LogP contribution in [0.3, 0.4) is 0 Å². The Morgan fingerprint density at radius 2 is 2.00 bits per heavy atom. The Balaban J connectivity index is 1.26. The van der Waals surface area contributed by atoms with E-state index in [4.69, 9.17) is 4.74 Å². The maximum atomic E-state index is 13.9. The standard InChI is InChI=1S/C29H32F3N5O5/c1-15-9-20-12-28(40,29(30,31)32)13-23(15)37(20)27(39)36-6-7-42-24-16(2)8-18(10-19(24)14-36)17-4-5-21-22(11-17)34-25(33-21)35-26(38)41-3/h4-5,8,10-11,15,20,23,40H,6-7,9,12-14H2,1-3H3,(H2,33,34,35,38)/t15-,20?,23?,28?/m1/s1. The minimum Gasteiger partial charge on any atom is -0.491 e. The summed E-state index contributed by atoms with van der Waals surface area (Å²) in [5.41, 5.74) is 2.00. The predicted octanol–water partition coefficient (Wildman–Crippen LogP) is 5.20. The van der Waals surface area contributed by atoms with E-state index < -0.39 is 42.8 Å². The third-order valence-corrected chi connectivity index (χ3v) is 8.73. The van der Waals surface area contributed by atoms with Crippen LogP contribution in [0.5, 0.6) is 5.75 Å². The molecule has 42 heavy (non-hydrogen) atoms. The summed E-state index contributed by atoms with van der Waals surface area (Å²) in [6.07, 6.45) is -5.99. The minimum atomic E-state index is -4.75. The number of nitrogens with zero attached hydrogens (tertiary/aromatic N) is 3. The Kier molecular flexibility index (Phi) is 6.75. The van der Waals surface area contributed by atoms with Crippen LogP contribution in [0.4, 0.5) is 28.7 Å². The second kappa shape index (κ2) is 10.1. The molecule has 0 aliphatic carbocycles. The topological polar surface area (TPSA) is 120 Å². The monoisotopic (exact) mass is 587 g/mol. The number of piperidine rings is 1. The molecule has 0 saturated carbocycles. The van der Waals surface area contributed by atoms with Crippen molar-refractivity contribution in [2.24, 2.45) is 5.92 Å². The van der Waals surface area contributed by atoms with Crippen LogP contribution in [-0.2, 0) is 11.3 Å². The molecule has 4 heterocycles. The number of fused-ring (bicyclic) bond motifs is 4. The number of hydrogen-bond acceptors (Lipinski definition) is 6. The summed E-state index contributed by atoms with van der Waals surface area (Å²) in [7, 11) is 1.26. The summed E-state index contributed by atoms with van der Waals surface area (Å²) in [6.45, 7) is 4.54. The molecule has 3 aromatic rings. The Bertz CT molecular complexity index is 1560. The predicted molar refractivity (Wildman–Crippen MR) is 147 cm³/mol. The Hall–Kier alpha value is -4.00. The van der Waals surface area contributed by atoms with Gasteiger partial charge in [0.2, 0.25) is 5.95 Å². The van der Waals surface area contributed by atoms with Crippen molar-refractivity contribution in [1.82, 2.24) is 19.8 Å². The van der Waals surface area contributed by atoms with Gasteiger partial charge in [-0.2, -0.15) is 13.2 Å². The van der Waals surface area contributed by atoms with Gasteiger partial charge in [-0.05, 0) is 60.2 Å². The summed E-state index contributed by atoms with van der Waals surface area (Å²) in [5.74, 6) is 0.785. The molecule has 0 spiro atoms. The van der Waals surface area contributed by atoms with Crippen LogP contribution in [0, 0.1) is 12.8 Å². The summed E-state index contributed by atoms with van der Waals surface area (Å²) in [6, 6.07) is 7.87. The third kappa shape index (κ3) is 4.79. The van der Waals surface area contributed by atoms with Gasteiger partial charge in [-0.3, -0.25) is 5.32 Å². The molecule has 0 radical (unpaired) electrons. The highest BCUT2D eigenvalue weighted by atomic mass is 19.4. The fourth-order valence-electron chi connectivity index (χ4n) is 6.68. The number of aromatic nitrogens is 2. The molecule has 4 atom stereocenters. The number of H-pyrrole nitrogens is 1. The molecule has 10 nitrogen and oxygen atoms in total. The van der Waals surface area contributed by atoms with Gasteiger partial charge in [0.05, 0.1) is 31.2 Å². The van der Waals surface area contributed by atoms with E-state index in [0.29, 0.717) is 23.2 Å². The van der Waals surface area contributed by atoms with Crippen molar-refractivity contribution in [3.05, 3.63) is 41.5 Å². The van der Waals surface area contributed by atoms with E-state index in [1.54, 1.807) is 9.80 Å². The number of aromatic amines is 1. The number of amides is 3. The number of anilines is 1. The number of nitrogens with one attached hydrogen (secondary N) is 2. The van der Waals surface area contributed by atoms with Crippen LogP contribution in [0.25, 0.3) is 22.2 Å². The average molecular weight is 588 g/mol. The highest BCUT2D eigenvalue weighted by Gasteiger charge is 2.63. The van der Waals surface area contributed by atoms with Crippen molar-refractivity contribution in [3.63, 3.8) is 0 Å². The molecule has 3 amide bonds. The number of urea groups is 1. The van der Waals surface area contributed by atoms with Crippen molar-refractivity contribution in [3.8, 4) is 16.9 Å². The number of alkyl halides is 3. The molecular weight excluding hydrogens is 555 g/mol. The van der Waals surface area contributed by atoms with E-state index in [1.165, 1.54) is 7.11 Å². The van der Waals surface area contributed by atoms with Crippen molar-refractivity contribution in [1.29, 1.82) is 0 Å². The lowest BCUT2D eigenvalue weighted by Crippen LogP contribution is -2.61. The smallest absolute Gasteiger partial charge is 0.417 e. The highest BCUT2D eigenvalue weighted by Crippen LogP contribution is 2.50. The lowest BCUT2D eigenvalue weighted by Gasteiger charge is -2.46. The molecule has 2 bridgehead atoms. The molecular formula is C29H32F3N5O5. The van der Waals surface area contributed by atoms with Gasteiger partial charge in [-0.15, -0.1) is 0 Å². The number of hydrogen-bond donors (Lipinski definition) is 3. The zero-order valence-electron chi connectivity index (χ0n) is 23.4. The number of imidazole rings is 1. The molecule has 1 aromatic heterocycles. The summed E-state index contributed by atoms with van der Waals surface area (Å²) in [4.78, 5) is 36.0. The lowest BCUT2D eigenvalue weighted by molar-refractivity contribution is -0.277. The van der Waals surface area contributed by atoms with Gasteiger partial charge in [-0.1, -0.05) is 13.0 Å². The zero-order chi connectivity index (χ0) is 30.0. The maximum absolute atomic E-state index is 13.9. The van der Waals surface area contributed by atoms with Crippen LogP contribution >= 0.6 is 0 Å². The van der Waals surface area contributed by atoms with Crippen LogP contribution < -0.4 is 10.1 Å². The first-order chi connectivity index (χ1) is 19.9. The van der Waals surface area contributed by atoms with E-state index in [-0.39, 0.29) is 37.6 Å².